The fourth-order valence-electron chi connectivity index (χ4n) is 1.74. The predicted octanol–water partition coefficient (Wildman–Crippen LogP) is 3.90. The lowest BCUT2D eigenvalue weighted by Gasteiger charge is -2.23. The van der Waals surface area contributed by atoms with Gasteiger partial charge in [0.1, 0.15) is 5.82 Å². The van der Waals surface area contributed by atoms with Crippen molar-refractivity contribution in [2.24, 2.45) is 0 Å². The van der Waals surface area contributed by atoms with Crippen molar-refractivity contribution >= 4 is 39.9 Å². The van der Waals surface area contributed by atoms with Crippen LogP contribution in [0.4, 0.5) is 10.1 Å². The fraction of sp³-hybridized carbons (Fsp3) is 0.125. The maximum Gasteiger partial charge on any atom is 0.153 e. The van der Waals surface area contributed by atoms with Crippen LogP contribution in [0.5, 0.6) is 0 Å². The highest BCUT2D eigenvalue weighted by molar-refractivity contribution is 7.86. The summed E-state index contributed by atoms with van der Waals surface area (Å²) in [6, 6.07) is 10.3. The minimum Gasteiger partial charge on any atom is -0.394 e. The van der Waals surface area contributed by atoms with Gasteiger partial charge in [-0.3, -0.25) is 4.31 Å². The Morgan fingerprint density at radius 3 is 2.22 bits per heavy atom. The number of hydrogen-bond donors (Lipinski definition) is 1. The number of anilines is 1. The molecule has 0 spiro atoms. The van der Waals surface area contributed by atoms with Gasteiger partial charge in [0.15, 0.2) is 11.0 Å². The first kappa shape index (κ1) is 19.5. The zero-order chi connectivity index (χ0) is 17.4. The van der Waals surface area contributed by atoms with Gasteiger partial charge in [0.05, 0.1) is 23.7 Å². The van der Waals surface area contributed by atoms with Crippen molar-refractivity contribution in [1.82, 2.24) is 0 Å². The molecule has 0 aromatic heterocycles. The van der Waals surface area contributed by atoms with E-state index in [1.54, 1.807) is 24.3 Å². The first-order chi connectivity index (χ1) is 11.0. The zero-order valence-electron chi connectivity index (χ0n) is 12.0. The van der Waals surface area contributed by atoms with Crippen LogP contribution in [0.3, 0.4) is 0 Å². The molecule has 0 amide bonds. The molecule has 122 valence electrons. The number of hydrogen-bond acceptors (Lipinski definition) is 2. The summed E-state index contributed by atoms with van der Waals surface area (Å²) in [5, 5.41) is 9.98. The molecule has 2 rings (SSSR count). The summed E-state index contributed by atoms with van der Waals surface area (Å²) in [6.07, 6.45) is 8.00. The molecule has 0 saturated heterocycles. The minimum absolute atomic E-state index is 0.00645. The SMILES string of the molecule is C#C.O=S(c1ccc(Cl)cc1)N(CCO)c1cc(Cl)ccc1F. The number of benzene rings is 2. The number of aliphatic hydroxyl groups is 1. The number of nitrogens with zero attached hydrogens (tertiary/aromatic N) is 1. The lowest BCUT2D eigenvalue weighted by Crippen LogP contribution is -2.29. The van der Waals surface area contributed by atoms with Crippen LogP contribution in [0.2, 0.25) is 10.0 Å². The fourth-order valence-corrected chi connectivity index (χ4v) is 3.22. The highest BCUT2D eigenvalue weighted by atomic mass is 35.5. The molecule has 2 aromatic carbocycles. The number of halogens is 3. The lowest BCUT2D eigenvalue weighted by molar-refractivity contribution is 0.307. The topological polar surface area (TPSA) is 40.5 Å². The van der Waals surface area contributed by atoms with E-state index in [1.165, 1.54) is 22.5 Å². The molecule has 0 bridgehead atoms. The number of rotatable bonds is 5. The maximum absolute atomic E-state index is 13.9. The Hall–Kier alpha value is -1.58. The number of terminal acetylenes is 1. The average molecular weight is 374 g/mol. The van der Waals surface area contributed by atoms with E-state index in [1.807, 2.05) is 0 Å². The van der Waals surface area contributed by atoms with Gasteiger partial charge in [-0.25, -0.2) is 8.60 Å². The minimum atomic E-state index is -1.68. The van der Waals surface area contributed by atoms with Crippen molar-refractivity contribution in [3.05, 3.63) is 58.3 Å². The van der Waals surface area contributed by atoms with Crippen molar-refractivity contribution in [2.75, 3.05) is 17.5 Å². The van der Waals surface area contributed by atoms with Gasteiger partial charge in [-0.2, -0.15) is 0 Å². The Labute approximate surface area is 147 Å². The van der Waals surface area contributed by atoms with E-state index < -0.39 is 16.8 Å². The zero-order valence-corrected chi connectivity index (χ0v) is 14.3. The van der Waals surface area contributed by atoms with Gasteiger partial charge in [0.25, 0.3) is 0 Å². The van der Waals surface area contributed by atoms with Crippen LogP contribution in [0.25, 0.3) is 0 Å². The van der Waals surface area contributed by atoms with Crippen LogP contribution in [0, 0.1) is 18.7 Å². The first-order valence-electron chi connectivity index (χ1n) is 6.37. The van der Waals surface area contributed by atoms with E-state index in [9.17, 15) is 8.60 Å². The smallest absolute Gasteiger partial charge is 0.153 e. The van der Waals surface area contributed by atoms with E-state index in [0.717, 1.165) is 0 Å². The molecule has 0 radical (unpaired) electrons. The molecule has 0 saturated carbocycles. The monoisotopic (exact) mass is 373 g/mol. The second-order valence-corrected chi connectivity index (χ2v) is 6.41. The third-order valence-corrected chi connectivity index (χ3v) is 4.64. The van der Waals surface area contributed by atoms with Crippen LogP contribution in [0.15, 0.2) is 47.4 Å². The molecule has 0 aliphatic heterocycles. The van der Waals surface area contributed by atoms with Crippen molar-refractivity contribution in [3.8, 4) is 12.8 Å². The van der Waals surface area contributed by atoms with E-state index in [2.05, 4.69) is 12.8 Å². The molecular weight excluding hydrogens is 360 g/mol. The van der Waals surface area contributed by atoms with Gasteiger partial charge in [0, 0.05) is 10.0 Å². The van der Waals surface area contributed by atoms with Gasteiger partial charge >= 0.3 is 0 Å². The van der Waals surface area contributed by atoms with Crippen LogP contribution in [0.1, 0.15) is 0 Å². The standard InChI is InChI=1S/C14H12Cl2FNO2S.C2H2/c15-10-1-4-12(5-2-10)21(20)18(7-8-19)14-9-11(16)3-6-13(14)17;1-2/h1-6,9,19H,7-8H2;1-2H. The highest BCUT2D eigenvalue weighted by Gasteiger charge is 2.19. The van der Waals surface area contributed by atoms with Crippen molar-refractivity contribution in [2.45, 2.75) is 4.90 Å². The molecule has 2 aromatic rings. The summed E-state index contributed by atoms with van der Waals surface area (Å²) in [6.45, 7) is -0.266. The van der Waals surface area contributed by atoms with Crippen molar-refractivity contribution in [1.29, 1.82) is 0 Å². The molecule has 0 aliphatic rings. The summed E-state index contributed by atoms with van der Waals surface area (Å²) in [7, 11) is -1.68. The summed E-state index contributed by atoms with van der Waals surface area (Å²) in [5.41, 5.74) is 0.0739. The Morgan fingerprint density at radius 1 is 1.09 bits per heavy atom. The molecule has 7 heteroatoms. The highest BCUT2D eigenvalue weighted by Crippen LogP contribution is 2.27. The van der Waals surface area contributed by atoms with Gasteiger partial charge < -0.3 is 5.11 Å². The van der Waals surface area contributed by atoms with Crippen LogP contribution >= 0.6 is 23.2 Å². The van der Waals surface area contributed by atoms with Crippen molar-refractivity contribution < 1.29 is 13.7 Å². The third kappa shape index (κ3) is 5.22. The van der Waals surface area contributed by atoms with Gasteiger partial charge in [0.2, 0.25) is 0 Å². The second-order valence-electron chi connectivity index (χ2n) is 4.12. The summed E-state index contributed by atoms with van der Waals surface area (Å²) < 4.78 is 27.8. The normalized spacial score (nSPS) is 11.2. The van der Waals surface area contributed by atoms with Crippen LogP contribution in [-0.4, -0.2) is 22.5 Å². The van der Waals surface area contributed by atoms with E-state index in [4.69, 9.17) is 28.3 Å². The lowest BCUT2D eigenvalue weighted by atomic mass is 10.3. The largest absolute Gasteiger partial charge is 0.394 e. The average Bonchev–Trinajstić information content (AvgIpc) is 2.57. The maximum atomic E-state index is 13.9. The Bertz CT molecular complexity index is 692. The molecule has 0 heterocycles. The molecule has 23 heavy (non-hydrogen) atoms. The molecular formula is C16H14Cl2FNO2S. The van der Waals surface area contributed by atoms with Crippen LogP contribution < -0.4 is 4.31 Å². The molecule has 3 nitrogen and oxygen atoms in total. The van der Waals surface area contributed by atoms with Crippen molar-refractivity contribution in [3.63, 3.8) is 0 Å². The molecule has 1 unspecified atom stereocenters. The molecule has 1 N–H and O–H groups in total. The van der Waals surface area contributed by atoms with E-state index in [0.29, 0.717) is 14.9 Å². The van der Waals surface area contributed by atoms with Gasteiger partial charge in [-0.05, 0) is 42.5 Å². The predicted molar refractivity (Wildman–Crippen MR) is 93.6 cm³/mol. The first-order valence-corrected chi connectivity index (χ1v) is 8.23. The Balaban J connectivity index is 0.00000127. The Kier molecular flexibility index (Phi) is 8.07. The number of aliphatic hydroxyl groups excluding tert-OH is 1. The Morgan fingerprint density at radius 2 is 1.65 bits per heavy atom. The molecule has 0 aliphatic carbocycles. The van der Waals surface area contributed by atoms with Gasteiger partial charge in [-0.1, -0.05) is 23.2 Å². The second kappa shape index (κ2) is 9.53. The quantitative estimate of drug-likeness (QED) is 0.807. The van der Waals surface area contributed by atoms with Gasteiger partial charge in [-0.15, -0.1) is 12.8 Å². The molecule has 1 atom stereocenters. The summed E-state index contributed by atoms with van der Waals surface area (Å²) >= 11 is 11.7. The van der Waals surface area contributed by atoms with E-state index >= 15 is 0 Å². The van der Waals surface area contributed by atoms with E-state index in [-0.39, 0.29) is 18.8 Å². The summed E-state index contributed by atoms with van der Waals surface area (Å²) in [5.74, 6) is -0.560. The van der Waals surface area contributed by atoms with Crippen LogP contribution in [-0.2, 0) is 11.0 Å². The summed E-state index contributed by atoms with van der Waals surface area (Å²) in [4.78, 5) is 0.451. The third-order valence-electron chi connectivity index (χ3n) is 2.70. The molecule has 0 fully saturated rings.